The largest absolute Gasteiger partial charge is 0.271 e. The van der Waals surface area contributed by atoms with Crippen LogP contribution in [0.1, 0.15) is 23.0 Å². The number of hydrogen-bond donors (Lipinski definition) is 2. The van der Waals surface area contributed by atoms with E-state index in [1.807, 2.05) is 6.92 Å². The minimum atomic E-state index is -0.604. The van der Waals surface area contributed by atoms with E-state index in [0.29, 0.717) is 5.82 Å². The first-order valence-corrected chi connectivity index (χ1v) is 5.79. The molecule has 0 radical (unpaired) electrons. The van der Waals surface area contributed by atoms with Gasteiger partial charge in [0.1, 0.15) is 17.5 Å². The van der Waals surface area contributed by atoms with Gasteiger partial charge in [-0.2, -0.15) is 0 Å². The predicted molar refractivity (Wildman–Crippen MR) is 66.9 cm³/mol. The Labute approximate surface area is 109 Å². The van der Waals surface area contributed by atoms with Crippen LogP contribution in [0.25, 0.3) is 0 Å². The highest BCUT2D eigenvalue weighted by molar-refractivity contribution is 5.22. The lowest BCUT2D eigenvalue weighted by atomic mass is 10.0. The van der Waals surface area contributed by atoms with Gasteiger partial charge in [-0.1, -0.05) is 6.07 Å². The highest BCUT2D eigenvalue weighted by Gasteiger charge is 2.18. The van der Waals surface area contributed by atoms with E-state index in [0.717, 1.165) is 5.56 Å². The van der Waals surface area contributed by atoms with Gasteiger partial charge in [0.2, 0.25) is 0 Å². The topological polar surface area (TPSA) is 63.8 Å². The molecule has 0 aliphatic carbocycles. The minimum Gasteiger partial charge on any atom is -0.271 e. The molecule has 0 amide bonds. The van der Waals surface area contributed by atoms with Gasteiger partial charge in [0, 0.05) is 24.4 Å². The van der Waals surface area contributed by atoms with Crippen LogP contribution in [0.5, 0.6) is 0 Å². The predicted octanol–water partition coefficient (Wildman–Crippen LogP) is 1.81. The second kappa shape index (κ2) is 5.81. The summed E-state index contributed by atoms with van der Waals surface area (Å²) in [5.74, 6) is 4.61. The molecule has 0 spiro atoms. The molecule has 6 heteroatoms. The van der Waals surface area contributed by atoms with Crippen LogP contribution in [0.3, 0.4) is 0 Å². The highest BCUT2D eigenvalue weighted by Crippen LogP contribution is 2.19. The third-order valence-corrected chi connectivity index (χ3v) is 2.78. The first-order chi connectivity index (χ1) is 9.11. The number of benzene rings is 1. The van der Waals surface area contributed by atoms with Crippen molar-refractivity contribution in [1.29, 1.82) is 0 Å². The molecular weight excluding hydrogens is 250 g/mol. The molecule has 1 atom stereocenters. The van der Waals surface area contributed by atoms with Crippen LogP contribution >= 0.6 is 0 Å². The van der Waals surface area contributed by atoms with E-state index in [1.54, 1.807) is 12.4 Å². The maximum atomic E-state index is 13.6. The Balaban J connectivity index is 2.26. The molecule has 100 valence electrons. The van der Waals surface area contributed by atoms with Gasteiger partial charge in [-0.15, -0.1) is 0 Å². The molecule has 0 fully saturated rings. The van der Waals surface area contributed by atoms with Crippen LogP contribution in [0.2, 0.25) is 0 Å². The molecule has 2 aromatic rings. The van der Waals surface area contributed by atoms with Crippen molar-refractivity contribution in [3.8, 4) is 0 Å². The van der Waals surface area contributed by atoms with E-state index in [-0.39, 0.29) is 12.0 Å². The minimum absolute atomic E-state index is 0.0328. The number of aromatic nitrogens is 2. The molecule has 1 unspecified atom stereocenters. The van der Waals surface area contributed by atoms with E-state index in [1.165, 1.54) is 18.2 Å². The van der Waals surface area contributed by atoms with Crippen molar-refractivity contribution in [2.24, 2.45) is 5.84 Å². The molecule has 0 saturated heterocycles. The van der Waals surface area contributed by atoms with Crippen LogP contribution in [0, 0.1) is 18.6 Å². The lowest BCUT2D eigenvalue weighted by Crippen LogP contribution is -2.31. The first-order valence-electron chi connectivity index (χ1n) is 5.79. The average molecular weight is 264 g/mol. The van der Waals surface area contributed by atoms with Crippen molar-refractivity contribution >= 4 is 0 Å². The summed E-state index contributed by atoms with van der Waals surface area (Å²) in [6.45, 7) is 1.85. The second-order valence-electron chi connectivity index (χ2n) is 4.24. The fraction of sp³-hybridized carbons (Fsp3) is 0.231. The smallest absolute Gasteiger partial charge is 0.146 e. The molecule has 1 heterocycles. The Bertz CT molecular complexity index is 537. The van der Waals surface area contributed by atoms with Gasteiger partial charge in [-0.3, -0.25) is 5.84 Å². The van der Waals surface area contributed by atoms with Gasteiger partial charge in [0.15, 0.2) is 0 Å². The van der Waals surface area contributed by atoms with Crippen molar-refractivity contribution in [1.82, 2.24) is 15.4 Å². The molecule has 2 rings (SSSR count). The summed E-state index contributed by atoms with van der Waals surface area (Å²) < 4.78 is 27.2. The quantitative estimate of drug-likeness (QED) is 0.653. The lowest BCUT2D eigenvalue weighted by Gasteiger charge is -2.15. The van der Waals surface area contributed by atoms with Crippen molar-refractivity contribution in [2.75, 3.05) is 0 Å². The summed E-state index contributed by atoms with van der Waals surface area (Å²) in [5, 5.41) is 0. The molecule has 1 aromatic heterocycles. The van der Waals surface area contributed by atoms with Gasteiger partial charge in [0.05, 0.1) is 6.04 Å². The number of nitrogens with two attached hydrogens (primary N) is 1. The summed E-state index contributed by atoms with van der Waals surface area (Å²) in [4.78, 5) is 8.21. The molecule has 3 N–H and O–H groups in total. The zero-order valence-corrected chi connectivity index (χ0v) is 10.4. The van der Waals surface area contributed by atoms with E-state index in [9.17, 15) is 8.78 Å². The fourth-order valence-corrected chi connectivity index (χ4v) is 1.74. The van der Waals surface area contributed by atoms with Crippen LogP contribution in [0.4, 0.5) is 8.78 Å². The monoisotopic (exact) mass is 264 g/mol. The first kappa shape index (κ1) is 13.5. The standard InChI is InChI=1S/C13H14F2N4/c1-8-6-17-13(18-7-8)12(19-16)5-9-10(14)3-2-4-11(9)15/h2-4,6-7,12,19H,5,16H2,1H3. The van der Waals surface area contributed by atoms with E-state index >= 15 is 0 Å². The van der Waals surface area contributed by atoms with Crippen molar-refractivity contribution in [2.45, 2.75) is 19.4 Å². The Hall–Kier alpha value is -1.92. The lowest BCUT2D eigenvalue weighted by molar-refractivity contribution is 0.484. The van der Waals surface area contributed by atoms with Gasteiger partial charge < -0.3 is 0 Å². The summed E-state index contributed by atoms with van der Waals surface area (Å²) in [7, 11) is 0. The van der Waals surface area contributed by atoms with Gasteiger partial charge in [-0.05, 0) is 24.6 Å². The average Bonchev–Trinajstić information content (AvgIpc) is 2.40. The number of nitrogens with zero attached hydrogens (tertiary/aromatic N) is 2. The zero-order valence-electron chi connectivity index (χ0n) is 10.4. The number of rotatable bonds is 4. The highest BCUT2D eigenvalue weighted by atomic mass is 19.1. The Morgan fingerprint density at radius 3 is 2.32 bits per heavy atom. The molecular formula is C13H14F2N4. The Morgan fingerprint density at radius 2 is 1.79 bits per heavy atom. The molecule has 19 heavy (non-hydrogen) atoms. The Morgan fingerprint density at radius 1 is 1.21 bits per heavy atom. The van der Waals surface area contributed by atoms with E-state index < -0.39 is 17.7 Å². The van der Waals surface area contributed by atoms with Crippen LogP contribution in [-0.2, 0) is 6.42 Å². The molecule has 4 nitrogen and oxygen atoms in total. The number of halogens is 2. The van der Waals surface area contributed by atoms with Crippen molar-refractivity contribution in [3.63, 3.8) is 0 Å². The molecule has 0 bridgehead atoms. The van der Waals surface area contributed by atoms with Crippen molar-refractivity contribution in [3.05, 3.63) is 59.2 Å². The zero-order chi connectivity index (χ0) is 13.8. The van der Waals surface area contributed by atoms with Crippen LogP contribution in [0.15, 0.2) is 30.6 Å². The second-order valence-corrected chi connectivity index (χ2v) is 4.24. The summed E-state index contributed by atoms with van der Waals surface area (Å²) in [6, 6.07) is 3.19. The summed E-state index contributed by atoms with van der Waals surface area (Å²) in [5.41, 5.74) is 3.35. The number of hydrazine groups is 1. The van der Waals surface area contributed by atoms with Gasteiger partial charge in [-0.25, -0.2) is 24.2 Å². The number of aryl methyl sites for hydroxylation is 1. The third kappa shape index (κ3) is 3.10. The van der Waals surface area contributed by atoms with Gasteiger partial charge in [0.25, 0.3) is 0 Å². The summed E-state index contributed by atoms with van der Waals surface area (Å²) >= 11 is 0. The molecule has 0 aliphatic rings. The maximum absolute atomic E-state index is 13.6. The normalized spacial score (nSPS) is 12.4. The fourth-order valence-electron chi connectivity index (χ4n) is 1.74. The van der Waals surface area contributed by atoms with Gasteiger partial charge >= 0.3 is 0 Å². The van der Waals surface area contributed by atoms with Crippen LogP contribution in [-0.4, -0.2) is 9.97 Å². The van der Waals surface area contributed by atoms with Crippen LogP contribution < -0.4 is 11.3 Å². The SMILES string of the molecule is Cc1cnc(C(Cc2c(F)cccc2F)NN)nc1. The summed E-state index contributed by atoms with van der Waals surface area (Å²) in [6.07, 6.45) is 3.30. The molecule has 1 aromatic carbocycles. The Kier molecular flexibility index (Phi) is 4.13. The van der Waals surface area contributed by atoms with E-state index in [4.69, 9.17) is 5.84 Å². The number of nitrogens with one attached hydrogen (secondary N) is 1. The number of hydrogen-bond acceptors (Lipinski definition) is 4. The van der Waals surface area contributed by atoms with E-state index in [2.05, 4.69) is 15.4 Å². The molecule has 0 saturated carbocycles. The maximum Gasteiger partial charge on any atom is 0.146 e. The third-order valence-electron chi connectivity index (χ3n) is 2.78. The van der Waals surface area contributed by atoms with Crippen molar-refractivity contribution < 1.29 is 8.78 Å². The molecule has 0 aliphatic heterocycles.